The van der Waals surface area contributed by atoms with Gasteiger partial charge in [-0.05, 0) is 42.3 Å². The van der Waals surface area contributed by atoms with Crippen LogP contribution in [0.4, 0.5) is 0 Å². The van der Waals surface area contributed by atoms with Crippen molar-refractivity contribution in [2.75, 3.05) is 14.2 Å². The average molecular weight is 366 g/mol. The molecule has 7 heteroatoms. The van der Waals surface area contributed by atoms with Crippen LogP contribution in [0.15, 0.2) is 55.0 Å². The smallest absolute Gasteiger partial charge is 0.220 e. The predicted octanol–water partition coefficient (Wildman–Crippen LogP) is 2.53. The van der Waals surface area contributed by atoms with E-state index in [0.29, 0.717) is 25.2 Å². The molecule has 3 rings (SSSR count). The first-order valence-electron chi connectivity index (χ1n) is 8.62. The fraction of sp³-hybridized carbons (Fsp3) is 0.250. The molecule has 2 aromatic heterocycles. The molecular formula is C20H22N4O3. The molecule has 0 aliphatic carbocycles. The number of rotatable bonds is 8. The van der Waals surface area contributed by atoms with Gasteiger partial charge in [0.1, 0.15) is 11.5 Å². The van der Waals surface area contributed by atoms with Gasteiger partial charge in [-0.15, -0.1) is 0 Å². The Balaban J connectivity index is 1.60. The number of aromatic nitrogens is 3. The molecule has 0 saturated heterocycles. The monoisotopic (exact) mass is 366 g/mol. The minimum atomic E-state index is -0.0462. The van der Waals surface area contributed by atoms with Crippen molar-refractivity contribution in [3.05, 3.63) is 66.1 Å². The van der Waals surface area contributed by atoms with E-state index in [9.17, 15) is 4.79 Å². The van der Waals surface area contributed by atoms with Crippen LogP contribution in [-0.4, -0.2) is 34.9 Å². The Labute approximate surface area is 158 Å². The second-order valence-electron chi connectivity index (χ2n) is 5.89. The third-order valence-electron chi connectivity index (χ3n) is 4.17. The zero-order chi connectivity index (χ0) is 19.1. The number of ether oxygens (including phenoxy) is 2. The minimum absolute atomic E-state index is 0.0462. The van der Waals surface area contributed by atoms with E-state index in [-0.39, 0.29) is 5.91 Å². The van der Waals surface area contributed by atoms with E-state index in [0.717, 1.165) is 22.6 Å². The van der Waals surface area contributed by atoms with Gasteiger partial charge >= 0.3 is 0 Å². The van der Waals surface area contributed by atoms with Gasteiger partial charge in [-0.3, -0.25) is 4.79 Å². The first-order chi connectivity index (χ1) is 13.2. The van der Waals surface area contributed by atoms with Crippen molar-refractivity contribution in [3.8, 4) is 17.3 Å². The van der Waals surface area contributed by atoms with Crippen molar-refractivity contribution in [1.82, 2.24) is 20.1 Å². The Morgan fingerprint density at radius 3 is 2.74 bits per heavy atom. The number of hydrogen-bond donors (Lipinski definition) is 1. The van der Waals surface area contributed by atoms with Crippen LogP contribution in [0.1, 0.15) is 17.5 Å². The van der Waals surface area contributed by atoms with Crippen LogP contribution < -0.4 is 14.8 Å². The summed E-state index contributed by atoms with van der Waals surface area (Å²) >= 11 is 0. The number of nitrogens with one attached hydrogen (secondary N) is 1. The van der Waals surface area contributed by atoms with E-state index in [1.54, 1.807) is 31.3 Å². The fourth-order valence-electron chi connectivity index (χ4n) is 2.78. The first kappa shape index (κ1) is 18.4. The van der Waals surface area contributed by atoms with Gasteiger partial charge in [-0.2, -0.15) is 5.10 Å². The Bertz CT molecular complexity index is 894. The number of benzene rings is 1. The van der Waals surface area contributed by atoms with Gasteiger partial charge in [0, 0.05) is 37.1 Å². The molecule has 0 saturated carbocycles. The summed E-state index contributed by atoms with van der Waals surface area (Å²) in [6.07, 6.45) is 6.13. The van der Waals surface area contributed by atoms with E-state index in [1.165, 1.54) is 0 Å². The van der Waals surface area contributed by atoms with E-state index in [1.807, 2.05) is 42.6 Å². The maximum Gasteiger partial charge on any atom is 0.220 e. The molecular weight excluding hydrogens is 344 g/mol. The molecule has 0 aliphatic rings. The largest absolute Gasteiger partial charge is 0.497 e. The summed E-state index contributed by atoms with van der Waals surface area (Å²) in [5.41, 5.74) is 1.83. The lowest BCUT2D eigenvalue weighted by Crippen LogP contribution is -2.24. The standard InChI is InChI=1S/C20H22N4O3/c1-26-17-7-8-18(27-2)15(13-17)6-9-19(25)22-14-16-5-3-10-21-20(16)24-12-4-11-23-24/h3-5,7-8,10-13H,6,9,14H2,1-2H3,(H,22,25). The van der Waals surface area contributed by atoms with Crippen LogP contribution in [0, 0.1) is 0 Å². The molecule has 1 aromatic carbocycles. The van der Waals surface area contributed by atoms with Crippen molar-refractivity contribution < 1.29 is 14.3 Å². The zero-order valence-electron chi connectivity index (χ0n) is 15.4. The van der Waals surface area contributed by atoms with Gasteiger partial charge in [0.2, 0.25) is 5.91 Å². The van der Waals surface area contributed by atoms with E-state index in [2.05, 4.69) is 15.4 Å². The van der Waals surface area contributed by atoms with Crippen LogP contribution in [0.2, 0.25) is 0 Å². The maximum absolute atomic E-state index is 12.3. The molecule has 2 heterocycles. The molecule has 27 heavy (non-hydrogen) atoms. The maximum atomic E-state index is 12.3. The summed E-state index contributed by atoms with van der Waals surface area (Å²) in [5, 5.41) is 7.15. The molecule has 0 spiro atoms. The van der Waals surface area contributed by atoms with Gasteiger partial charge in [0.05, 0.1) is 14.2 Å². The summed E-state index contributed by atoms with van der Waals surface area (Å²) < 4.78 is 12.3. The Hall–Kier alpha value is -3.35. The van der Waals surface area contributed by atoms with E-state index >= 15 is 0 Å². The first-order valence-corrected chi connectivity index (χ1v) is 8.62. The highest BCUT2D eigenvalue weighted by Gasteiger charge is 2.10. The molecule has 1 N–H and O–H groups in total. The minimum Gasteiger partial charge on any atom is -0.497 e. The third-order valence-corrected chi connectivity index (χ3v) is 4.17. The number of aryl methyl sites for hydroxylation is 1. The summed E-state index contributed by atoms with van der Waals surface area (Å²) in [4.78, 5) is 16.7. The predicted molar refractivity (Wildman–Crippen MR) is 101 cm³/mol. The lowest BCUT2D eigenvalue weighted by atomic mass is 10.1. The zero-order valence-corrected chi connectivity index (χ0v) is 15.4. The van der Waals surface area contributed by atoms with E-state index < -0.39 is 0 Å². The number of methoxy groups -OCH3 is 2. The van der Waals surface area contributed by atoms with Crippen LogP contribution >= 0.6 is 0 Å². The topological polar surface area (TPSA) is 78.3 Å². The lowest BCUT2D eigenvalue weighted by molar-refractivity contribution is -0.121. The van der Waals surface area contributed by atoms with Gasteiger partial charge in [-0.1, -0.05) is 6.07 Å². The SMILES string of the molecule is COc1ccc(OC)c(CCC(=O)NCc2cccnc2-n2cccn2)c1. The second kappa shape index (κ2) is 8.84. The molecule has 140 valence electrons. The van der Waals surface area contributed by atoms with E-state index in [4.69, 9.17) is 9.47 Å². The molecule has 0 fully saturated rings. The average Bonchev–Trinajstić information content (AvgIpc) is 3.25. The quantitative estimate of drug-likeness (QED) is 0.663. The summed E-state index contributed by atoms with van der Waals surface area (Å²) in [6.45, 7) is 0.386. The third kappa shape index (κ3) is 4.63. The van der Waals surface area contributed by atoms with Crippen molar-refractivity contribution in [3.63, 3.8) is 0 Å². The summed E-state index contributed by atoms with van der Waals surface area (Å²) in [7, 11) is 3.23. The number of amides is 1. The highest BCUT2D eigenvalue weighted by Crippen LogP contribution is 2.25. The molecule has 0 atom stereocenters. The normalized spacial score (nSPS) is 10.4. The number of carbonyl (C=O) groups excluding carboxylic acids is 1. The van der Waals surface area contributed by atoms with Crippen molar-refractivity contribution in [1.29, 1.82) is 0 Å². The van der Waals surface area contributed by atoms with Gasteiger partial charge in [0.15, 0.2) is 5.82 Å². The van der Waals surface area contributed by atoms with Crippen molar-refractivity contribution in [2.24, 2.45) is 0 Å². The number of nitrogens with zero attached hydrogens (tertiary/aromatic N) is 3. The van der Waals surface area contributed by atoms with Gasteiger partial charge < -0.3 is 14.8 Å². The molecule has 0 radical (unpaired) electrons. The molecule has 0 unspecified atom stereocenters. The van der Waals surface area contributed by atoms with Crippen LogP contribution in [0.25, 0.3) is 5.82 Å². The van der Waals surface area contributed by atoms with Crippen molar-refractivity contribution >= 4 is 5.91 Å². The van der Waals surface area contributed by atoms with Crippen molar-refractivity contribution in [2.45, 2.75) is 19.4 Å². The summed E-state index contributed by atoms with van der Waals surface area (Å²) in [5.74, 6) is 2.15. The number of pyridine rings is 1. The van der Waals surface area contributed by atoms with Crippen LogP contribution in [0.5, 0.6) is 11.5 Å². The highest BCUT2D eigenvalue weighted by atomic mass is 16.5. The molecule has 1 amide bonds. The summed E-state index contributed by atoms with van der Waals surface area (Å²) in [6, 6.07) is 11.2. The van der Waals surface area contributed by atoms with Crippen LogP contribution in [-0.2, 0) is 17.8 Å². The highest BCUT2D eigenvalue weighted by molar-refractivity contribution is 5.76. The molecule has 3 aromatic rings. The molecule has 7 nitrogen and oxygen atoms in total. The number of hydrogen-bond acceptors (Lipinski definition) is 5. The Morgan fingerprint density at radius 1 is 1.11 bits per heavy atom. The van der Waals surface area contributed by atoms with Gasteiger partial charge in [0.25, 0.3) is 0 Å². The Kier molecular flexibility index (Phi) is 6.04. The fourth-order valence-corrected chi connectivity index (χ4v) is 2.78. The van der Waals surface area contributed by atoms with Crippen LogP contribution in [0.3, 0.4) is 0 Å². The molecule has 0 bridgehead atoms. The Morgan fingerprint density at radius 2 is 2.00 bits per heavy atom. The van der Waals surface area contributed by atoms with Gasteiger partial charge in [-0.25, -0.2) is 9.67 Å². The lowest BCUT2D eigenvalue weighted by Gasteiger charge is -2.12. The molecule has 0 aliphatic heterocycles. The second-order valence-corrected chi connectivity index (χ2v) is 5.89. The number of carbonyl (C=O) groups is 1.